The van der Waals surface area contributed by atoms with Crippen molar-refractivity contribution in [3.05, 3.63) is 35.9 Å². The van der Waals surface area contributed by atoms with E-state index in [1.54, 1.807) is 0 Å². The lowest BCUT2D eigenvalue weighted by Gasteiger charge is -2.42. The average molecular weight is 389 g/mol. The molecule has 160 valence electrons. The first kappa shape index (κ1) is 23.4. The van der Waals surface area contributed by atoms with Gasteiger partial charge in [-0.2, -0.15) is 0 Å². The third-order valence-corrected chi connectivity index (χ3v) is 6.60. The van der Waals surface area contributed by atoms with Gasteiger partial charge >= 0.3 is 0 Å². The van der Waals surface area contributed by atoms with Crippen molar-refractivity contribution in [3.8, 4) is 0 Å². The van der Waals surface area contributed by atoms with E-state index in [9.17, 15) is 5.11 Å². The zero-order valence-corrected chi connectivity index (χ0v) is 18.4. The highest BCUT2D eigenvalue weighted by molar-refractivity contribution is 5.18. The number of aliphatic hydroxyl groups is 1. The van der Waals surface area contributed by atoms with Gasteiger partial charge in [0, 0.05) is 18.5 Å². The molecule has 0 saturated carbocycles. The fourth-order valence-corrected chi connectivity index (χ4v) is 4.76. The Kier molecular flexibility index (Phi) is 11.1. The van der Waals surface area contributed by atoms with Crippen LogP contribution in [0.4, 0.5) is 0 Å². The van der Waals surface area contributed by atoms with Gasteiger partial charge in [0.25, 0.3) is 0 Å². The summed E-state index contributed by atoms with van der Waals surface area (Å²) >= 11 is 0. The number of nitrogens with one attached hydrogen (secondary N) is 2. The van der Waals surface area contributed by atoms with Crippen molar-refractivity contribution in [2.24, 2.45) is 5.41 Å². The molecule has 1 aromatic carbocycles. The Hall–Kier alpha value is -0.900. The smallest absolute Gasteiger partial charge is 0.0658 e. The molecule has 1 heterocycles. The second kappa shape index (κ2) is 13.3. The van der Waals surface area contributed by atoms with Gasteiger partial charge in [0.05, 0.1) is 12.3 Å². The van der Waals surface area contributed by atoms with E-state index < -0.39 is 0 Å². The molecule has 1 aromatic rings. The number of rotatable bonds is 15. The second-order valence-corrected chi connectivity index (χ2v) is 8.84. The van der Waals surface area contributed by atoms with Gasteiger partial charge in [-0.05, 0) is 25.3 Å². The summed E-state index contributed by atoms with van der Waals surface area (Å²) in [6, 6.07) is 10.7. The molecule has 0 spiro atoms. The lowest BCUT2D eigenvalue weighted by Crippen LogP contribution is -2.55. The molecule has 28 heavy (non-hydrogen) atoms. The largest absolute Gasteiger partial charge is 0.393 e. The van der Waals surface area contributed by atoms with Crippen LogP contribution >= 0.6 is 0 Å². The van der Waals surface area contributed by atoms with Crippen molar-refractivity contribution in [3.63, 3.8) is 0 Å². The van der Waals surface area contributed by atoms with Gasteiger partial charge < -0.3 is 15.7 Å². The highest BCUT2D eigenvalue weighted by Gasteiger charge is 2.43. The highest BCUT2D eigenvalue weighted by atomic mass is 16.3. The lowest BCUT2D eigenvalue weighted by atomic mass is 9.71. The van der Waals surface area contributed by atoms with Gasteiger partial charge in [-0.3, -0.25) is 0 Å². The van der Waals surface area contributed by atoms with Crippen LogP contribution in [0.3, 0.4) is 0 Å². The molecule has 3 N–H and O–H groups in total. The molecule has 0 radical (unpaired) electrons. The van der Waals surface area contributed by atoms with E-state index in [-0.39, 0.29) is 17.7 Å². The monoisotopic (exact) mass is 388 g/mol. The maximum Gasteiger partial charge on any atom is 0.0658 e. The first-order chi connectivity index (χ1) is 13.7. The van der Waals surface area contributed by atoms with Gasteiger partial charge in [0.2, 0.25) is 0 Å². The minimum Gasteiger partial charge on any atom is -0.393 e. The molecule has 1 aliphatic rings. The van der Waals surface area contributed by atoms with Crippen molar-refractivity contribution in [1.82, 2.24) is 10.6 Å². The van der Waals surface area contributed by atoms with E-state index in [1.165, 1.54) is 69.8 Å². The molecule has 2 unspecified atom stereocenters. The predicted molar refractivity (Wildman–Crippen MR) is 121 cm³/mol. The Balaban J connectivity index is 1.81. The first-order valence-electron chi connectivity index (χ1n) is 11.9. The third-order valence-electron chi connectivity index (χ3n) is 6.60. The van der Waals surface area contributed by atoms with E-state index in [0.29, 0.717) is 0 Å². The number of benzene rings is 1. The fourth-order valence-electron chi connectivity index (χ4n) is 4.76. The molecule has 0 amide bonds. The number of hydrogen-bond acceptors (Lipinski definition) is 3. The normalized spacial score (nSPS) is 18.2. The molecule has 2 atom stereocenters. The number of aliphatic hydroxyl groups excluding tert-OH is 1. The molecule has 1 saturated heterocycles. The van der Waals surface area contributed by atoms with E-state index in [1.807, 2.05) is 6.92 Å². The van der Waals surface area contributed by atoms with Crippen LogP contribution in [-0.2, 0) is 6.42 Å². The van der Waals surface area contributed by atoms with E-state index in [2.05, 4.69) is 47.9 Å². The molecule has 1 aliphatic heterocycles. The Morgan fingerprint density at radius 3 is 1.96 bits per heavy atom. The van der Waals surface area contributed by atoms with Crippen LogP contribution in [0.2, 0.25) is 0 Å². The second-order valence-electron chi connectivity index (χ2n) is 8.84. The minimum atomic E-state index is -0.339. The zero-order valence-electron chi connectivity index (χ0n) is 18.4. The van der Waals surface area contributed by atoms with Gasteiger partial charge in [0.1, 0.15) is 0 Å². The van der Waals surface area contributed by atoms with Crippen molar-refractivity contribution in [2.75, 3.05) is 13.1 Å². The van der Waals surface area contributed by atoms with Crippen molar-refractivity contribution < 1.29 is 5.11 Å². The zero-order chi connectivity index (χ0) is 20.1. The number of unbranched alkanes of at least 4 members (excludes halogenated alkanes) is 9. The van der Waals surface area contributed by atoms with Crippen molar-refractivity contribution in [2.45, 2.75) is 103 Å². The summed E-state index contributed by atoms with van der Waals surface area (Å²) in [6.07, 6.45) is 15.4. The predicted octanol–water partition coefficient (Wildman–Crippen LogP) is 5.43. The Morgan fingerprint density at radius 1 is 0.893 bits per heavy atom. The summed E-state index contributed by atoms with van der Waals surface area (Å²) in [4.78, 5) is 0. The van der Waals surface area contributed by atoms with Crippen molar-refractivity contribution in [1.29, 1.82) is 0 Å². The summed E-state index contributed by atoms with van der Waals surface area (Å²) in [5.41, 5.74) is 1.18. The molecule has 1 fully saturated rings. The van der Waals surface area contributed by atoms with Gasteiger partial charge in [-0.25, -0.2) is 0 Å². The molecule has 0 aromatic heterocycles. The number of hydrogen-bond donors (Lipinski definition) is 3. The molecule has 0 aliphatic carbocycles. The lowest BCUT2D eigenvalue weighted by molar-refractivity contribution is -0.00296. The van der Waals surface area contributed by atoms with E-state index in [4.69, 9.17) is 0 Å². The molecule has 0 bridgehead atoms. The van der Waals surface area contributed by atoms with Crippen LogP contribution in [0.1, 0.15) is 90.0 Å². The summed E-state index contributed by atoms with van der Waals surface area (Å²) in [5.74, 6) is 0. The van der Waals surface area contributed by atoms with E-state index in [0.717, 1.165) is 25.9 Å². The maximum absolute atomic E-state index is 10.8. The first-order valence-corrected chi connectivity index (χ1v) is 11.9. The summed E-state index contributed by atoms with van der Waals surface area (Å²) in [5, 5.41) is 18.1. The standard InChI is InChI=1S/C25H44N2O/c1-3-4-5-6-7-8-9-10-11-15-18-25(22(2)28,24-26-19-20-27-24)21-23-16-13-12-14-17-23/h12-14,16-17,22,24,26-28H,3-11,15,18-21H2,1-2H3. The van der Waals surface area contributed by atoms with Crippen LogP contribution < -0.4 is 10.6 Å². The van der Waals surface area contributed by atoms with Crippen LogP contribution in [0.15, 0.2) is 30.3 Å². The molecule has 3 nitrogen and oxygen atoms in total. The van der Waals surface area contributed by atoms with E-state index >= 15 is 0 Å². The van der Waals surface area contributed by atoms with Gasteiger partial charge in [-0.15, -0.1) is 0 Å². The van der Waals surface area contributed by atoms with Crippen LogP contribution in [0.25, 0.3) is 0 Å². The topological polar surface area (TPSA) is 44.3 Å². The molecule has 2 rings (SSSR count). The Morgan fingerprint density at radius 2 is 1.43 bits per heavy atom. The third kappa shape index (κ3) is 7.50. The van der Waals surface area contributed by atoms with Crippen LogP contribution in [0, 0.1) is 5.41 Å². The SMILES string of the molecule is CCCCCCCCCCCCC(Cc1ccccc1)(C(C)O)C1NCCN1. The maximum atomic E-state index is 10.8. The molecular formula is C25H44N2O. The summed E-state index contributed by atoms with van der Waals surface area (Å²) < 4.78 is 0. The quantitative estimate of drug-likeness (QED) is 0.351. The molecule has 3 heteroatoms. The fraction of sp³-hybridized carbons (Fsp3) is 0.760. The average Bonchev–Trinajstić information content (AvgIpc) is 3.24. The Labute approximate surface area is 173 Å². The van der Waals surface area contributed by atoms with Crippen LogP contribution in [-0.4, -0.2) is 30.5 Å². The minimum absolute atomic E-state index is 0.141. The summed E-state index contributed by atoms with van der Waals surface area (Å²) in [6.45, 7) is 6.25. The van der Waals surface area contributed by atoms with Crippen LogP contribution in [0.5, 0.6) is 0 Å². The van der Waals surface area contributed by atoms with Gasteiger partial charge in [-0.1, -0.05) is 101 Å². The van der Waals surface area contributed by atoms with Crippen molar-refractivity contribution >= 4 is 0 Å². The summed E-state index contributed by atoms with van der Waals surface area (Å²) in [7, 11) is 0. The molecular weight excluding hydrogens is 344 g/mol. The van der Waals surface area contributed by atoms with Gasteiger partial charge in [0.15, 0.2) is 0 Å². The highest BCUT2D eigenvalue weighted by Crippen LogP contribution is 2.37. The Bertz CT molecular complexity index is 499.